The van der Waals surface area contributed by atoms with Crippen LogP contribution < -0.4 is 10.7 Å². The monoisotopic (exact) mass is 487 g/mol. The van der Waals surface area contributed by atoms with Crippen LogP contribution in [-0.4, -0.2) is 41.9 Å². The van der Waals surface area contributed by atoms with Gasteiger partial charge >= 0.3 is 5.97 Å². The number of carbonyl (C=O) groups excluding carboxylic acids is 4. The molecule has 31 heavy (non-hydrogen) atoms. The molecule has 2 N–H and O–H groups in total. The second-order valence-electron chi connectivity index (χ2n) is 7.28. The largest absolute Gasteiger partial charge is 0.455 e. The molecule has 162 valence electrons. The van der Waals surface area contributed by atoms with Crippen molar-refractivity contribution in [2.75, 3.05) is 18.5 Å². The summed E-state index contributed by atoms with van der Waals surface area (Å²) >= 11 is 3.43. The van der Waals surface area contributed by atoms with Crippen LogP contribution in [0.25, 0.3) is 0 Å². The van der Waals surface area contributed by atoms with Crippen LogP contribution in [0.1, 0.15) is 27.9 Å². The summed E-state index contributed by atoms with van der Waals surface area (Å²) in [5, 5.41) is 3.82. The smallest absolute Gasteiger partial charge is 0.311 e. The molecule has 0 aromatic heterocycles. The van der Waals surface area contributed by atoms with E-state index in [0.29, 0.717) is 11.3 Å². The molecule has 2 aromatic rings. The van der Waals surface area contributed by atoms with E-state index in [2.05, 4.69) is 26.7 Å². The van der Waals surface area contributed by atoms with E-state index in [0.717, 1.165) is 20.6 Å². The molecule has 1 atom stereocenters. The maximum atomic E-state index is 12.3. The number of ether oxygens (including phenoxy) is 1. The van der Waals surface area contributed by atoms with Gasteiger partial charge in [0.2, 0.25) is 5.91 Å². The summed E-state index contributed by atoms with van der Waals surface area (Å²) in [5.41, 5.74) is 5.35. The quantitative estimate of drug-likeness (QED) is 0.609. The van der Waals surface area contributed by atoms with Gasteiger partial charge in [0, 0.05) is 22.1 Å². The van der Waals surface area contributed by atoms with Crippen LogP contribution in [0.3, 0.4) is 0 Å². The van der Waals surface area contributed by atoms with E-state index in [1.807, 2.05) is 26.0 Å². The van der Waals surface area contributed by atoms with Crippen LogP contribution in [0.2, 0.25) is 0 Å². The van der Waals surface area contributed by atoms with Gasteiger partial charge in [0.1, 0.15) is 0 Å². The minimum Gasteiger partial charge on any atom is -0.455 e. The number of nitrogens with zero attached hydrogens (tertiary/aromatic N) is 1. The number of anilines is 1. The summed E-state index contributed by atoms with van der Waals surface area (Å²) in [7, 11) is 0. The Balaban J connectivity index is 1.50. The fourth-order valence-corrected chi connectivity index (χ4v) is 3.56. The fourth-order valence-electron chi connectivity index (χ4n) is 3.11. The summed E-state index contributed by atoms with van der Waals surface area (Å²) in [6, 6.07) is 12.1. The second kappa shape index (κ2) is 9.74. The zero-order valence-electron chi connectivity index (χ0n) is 17.1. The van der Waals surface area contributed by atoms with Gasteiger partial charge in [-0.15, -0.1) is 0 Å². The summed E-state index contributed by atoms with van der Waals surface area (Å²) in [5.74, 6) is -2.73. The van der Waals surface area contributed by atoms with Crippen molar-refractivity contribution in [1.82, 2.24) is 10.4 Å². The van der Waals surface area contributed by atoms with Gasteiger partial charge < -0.3 is 10.1 Å². The molecule has 9 heteroatoms. The first-order chi connectivity index (χ1) is 14.7. The Kier molecular flexibility index (Phi) is 7.06. The molecule has 8 nitrogen and oxygen atoms in total. The number of hydrogen-bond donors (Lipinski definition) is 2. The lowest BCUT2D eigenvalue weighted by Gasteiger charge is -2.17. The Labute approximate surface area is 188 Å². The number of hydrazine groups is 1. The molecule has 1 saturated heterocycles. The van der Waals surface area contributed by atoms with Crippen LogP contribution in [0.15, 0.2) is 46.9 Å². The number of esters is 1. The highest BCUT2D eigenvalue weighted by atomic mass is 79.9. The Bertz CT molecular complexity index is 1030. The molecule has 1 fully saturated rings. The Morgan fingerprint density at radius 2 is 1.84 bits per heavy atom. The molecule has 0 saturated carbocycles. The topological polar surface area (TPSA) is 105 Å². The van der Waals surface area contributed by atoms with Crippen molar-refractivity contribution in [3.63, 3.8) is 0 Å². The zero-order chi connectivity index (χ0) is 22.5. The lowest BCUT2D eigenvalue weighted by molar-refractivity contribution is -0.151. The van der Waals surface area contributed by atoms with Gasteiger partial charge in [-0.1, -0.05) is 34.1 Å². The molecule has 0 radical (unpaired) electrons. The Morgan fingerprint density at radius 3 is 2.55 bits per heavy atom. The number of hydrogen-bond acceptors (Lipinski definition) is 5. The number of carbonyl (C=O) groups is 4. The third-order valence-electron chi connectivity index (χ3n) is 4.86. The molecule has 0 bridgehead atoms. The van der Waals surface area contributed by atoms with E-state index in [-0.39, 0.29) is 13.0 Å². The first kappa shape index (κ1) is 22.5. The average molecular weight is 488 g/mol. The van der Waals surface area contributed by atoms with E-state index in [9.17, 15) is 19.2 Å². The molecule has 3 rings (SSSR count). The van der Waals surface area contributed by atoms with Crippen molar-refractivity contribution >= 4 is 45.3 Å². The molecule has 0 spiro atoms. The summed E-state index contributed by atoms with van der Waals surface area (Å²) in [4.78, 5) is 48.9. The molecular formula is C22H22BrN3O5. The van der Waals surface area contributed by atoms with Gasteiger partial charge in [-0.3, -0.25) is 29.6 Å². The first-order valence-electron chi connectivity index (χ1n) is 9.64. The van der Waals surface area contributed by atoms with E-state index >= 15 is 0 Å². The lowest BCUT2D eigenvalue weighted by atomic mass is 10.1. The van der Waals surface area contributed by atoms with Crippen molar-refractivity contribution < 1.29 is 23.9 Å². The van der Waals surface area contributed by atoms with Crippen molar-refractivity contribution in [2.24, 2.45) is 5.92 Å². The molecule has 1 aliphatic heterocycles. The van der Waals surface area contributed by atoms with E-state index in [1.54, 1.807) is 30.3 Å². The molecule has 2 aromatic carbocycles. The predicted octanol–water partition coefficient (Wildman–Crippen LogP) is 2.74. The van der Waals surface area contributed by atoms with E-state index in [4.69, 9.17) is 4.74 Å². The third kappa shape index (κ3) is 5.69. The van der Waals surface area contributed by atoms with Crippen molar-refractivity contribution in [1.29, 1.82) is 0 Å². The highest BCUT2D eigenvalue weighted by Crippen LogP contribution is 2.24. The van der Waals surface area contributed by atoms with Crippen molar-refractivity contribution in [3.05, 3.63) is 63.6 Å². The number of rotatable bonds is 6. The van der Waals surface area contributed by atoms with Gasteiger partial charge in [-0.05, 0) is 49.2 Å². The number of amides is 3. The minimum absolute atomic E-state index is 0.0110. The highest BCUT2D eigenvalue weighted by Gasteiger charge is 2.36. The van der Waals surface area contributed by atoms with Crippen LogP contribution >= 0.6 is 15.9 Å². The maximum Gasteiger partial charge on any atom is 0.311 e. The van der Waals surface area contributed by atoms with Gasteiger partial charge in [-0.25, -0.2) is 0 Å². The molecule has 1 heterocycles. The average Bonchev–Trinajstić information content (AvgIpc) is 3.11. The van der Waals surface area contributed by atoms with Gasteiger partial charge in [-0.2, -0.15) is 0 Å². The van der Waals surface area contributed by atoms with Crippen LogP contribution in [-0.2, 0) is 19.1 Å². The normalized spacial score (nSPS) is 15.5. The zero-order valence-corrected chi connectivity index (χ0v) is 18.7. The van der Waals surface area contributed by atoms with E-state index in [1.165, 1.54) is 0 Å². The maximum absolute atomic E-state index is 12.3. The van der Waals surface area contributed by atoms with Crippen LogP contribution in [0.5, 0.6) is 0 Å². The standard InChI is InChI=1S/C22H22BrN3O5/c1-13-9-18(14(2)8-17(13)23)24-19(27)12-31-22(30)16-10-20(28)26(11-16)25-21(29)15-6-4-3-5-7-15/h3-9,16H,10-12H2,1-2H3,(H,24,27)(H,25,29)/t16-/m1/s1. The molecular weight excluding hydrogens is 466 g/mol. The second-order valence-corrected chi connectivity index (χ2v) is 8.14. The SMILES string of the molecule is Cc1cc(NC(=O)COC(=O)[C@@H]2CC(=O)N(NC(=O)c3ccccc3)C2)c(C)cc1Br. The first-order valence-corrected chi connectivity index (χ1v) is 10.4. The van der Waals surface area contributed by atoms with Gasteiger partial charge in [0.25, 0.3) is 11.8 Å². The minimum atomic E-state index is -0.756. The van der Waals surface area contributed by atoms with Crippen LogP contribution in [0.4, 0.5) is 5.69 Å². The molecule has 3 amide bonds. The summed E-state index contributed by atoms with van der Waals surface area (Å²) < 4.78 is 6.02. The molecule has 0 aliphatic carbocycles. The predicted molar refractivity (Wildman–Crippen MR) is 117 cm³/mol. The number of benzene rings is 2. The highest BCUT2D eigenvalue weighted by molar-refractivity contribution is 9.10. The summed E-state index contributed by atoms with van der Waals surface area (Å²) in [6.07, 6.45) is -0.0967. The van der Waals surface area contributed by atoms with Gasteiger partial charge in [0.15, 0.2) is 6.61 Å². The lowest BCUT2D eigenvalue weighted by Crippen LogP contribution is -2.43. The Hall–Kier alpha value is -3.20. The van der Waals surface area contributed by atoms with Crippen molar-refractivity contribution in [3.8, 4) is 0 Å². The summed E-state index contributed by atoms with van der Waals surface area (Å²) in [6.45, 7) is 3.28. The molecule has 1 aliphatic rings. The Morgan fingerprint density at radius 1 is 1.13 bits per heavy atom. The fraction of sp³-hybridized carbons (Fsp3) is 0.273. The molecule has 0 unspecified atom stereocenters. The number of aryl methyl sites for hydroxylation is 2. The van der Waals surface area contributed by atoms with Gasteiger partial charge in [0.05, 0.1) is 12.5 Å². The number of nitrogens with one attached hydrogen (secondary N) is 2. The van der Waals surface area contributed by atoms with Crippen molar-refractivity contribution in [2.45, 2.75) is 20.3 Å². The van der Waals surface area contributed by atoms with E-state index < -0.39 is 36.2 Å². The third-order valence-corrected chi connectivity index (χ3v) is 5.71. The van der Waals surface area contributed by atoms with Crippen LogP contribution in [0, 0.1) is 19.8 Å². The number of halogens is 1.